The topological polar surface area (TPSA) is 43.8 Å². The van der Waals surface area contributed by atoms with E-state index in [0.717, 1.165) is 35.7 Å². The summed E-state index contributed by atoms with van der Waals surface area (Å²) in [6.45, 7) is 3.06. The highest BCUT2D eigenvalue weighted by molar-refractivity contribution is 5.36. The molecule has 3 heteroatoms. The molecule has 1 heterocycles. The van der Waals surface area contributed by atoms with Crippen molar-refractivity contribution in [1.29, 1.82) is 0 Å². The summed E-state index contributed by atoms with van der Waals surface area (Å²) in [6.07, 6.45) is 12.2. The van der Waals surface area contributed by atoms with Crippen molar-refractivity contribution in [2.75, 3.05) is 5.73 Å². The van der Waals surface area contributed by atoms with Gasteiger partial charge in [0.15, 0.2) is 0 Å². The van der Waals surface area contributed by atoms with Crippen molar-refractivity contribution < 1.29 is 0 Å². The van der Waals surface area contributed by atoms with Crippen LogP contribution in [0.2, 0.25) is 0 Å². The molecule has 1 aromatic rings. The minimum atomic E-state index is 0.640. The van der Waals surface area contributed by atoms with Crippen LogP contribution in [0.5, 0.6) is 0 Å². The van der Waals surface area contributed by atoms with E-state index in [2.05, 4.69) is 5.10 Å². The zero-order chi connectivity index (χ0) is 13.0. The van der Waals surface area contributed by atoms with Gasteiger partial charge in [0, 0.05) is 12.1 Å². The number of nitrogens with two attached hydrogens (primary N) is 1. The van der Waals surface area contributed by atoms with E-state index >= 15 is 0 Å². The smallest absolute Gasteiger partial charge is 0.124 e. The third-order valence-electron chi connectivity index (χ3n) is 6.09. The molecule has 0 atom stereocenters. The Morgan fingerprint density at radius 1 is 1.21 bits per heavy atom. The SMILES string of the molecule is Cc1cnn(CCC23CC4CC(CC(C4)C2)C3)c1N. The largest absolute Gasteiger partial charge is 0.384 e. The summed E-state index contributed by atoms with van der Waals surface area (Å²) in [5.74, 6) is 4.00. The summed E-state index contributed by atoms with van der Waals surface area (Å²) < 4.78 is 2.02. The van der Waals surface area contributed by atoms with E-state index in [9.17, 15) is 0 Å². The molecular weight excluding hydrogens is 234 g/mol. The van der Waals surface area contributed by atoms with Gasteiger partial charge in [-0.15, -0.1) is 0 Å². The van der Waals surface area contributed by atoms with Gasteiger partial charge in [0.05, 0.1) is 6.20 Å². The quantitative estimate of drug-likeness (QED) is 0.904. The molecule has 4 saturated carbocycles. The maximum atomic E-state index is 6.08. The Balaban J connectivity index is 1.49. The van der Waals surface area contributed by atoms with Crippen LogP contribution in [0.3, 0.4) is 0 Å². The van der Waals surface area contributed by atoms with Crippen molar-refractivity contribution in [2.24, 2.45) is 23.2 Å². The average Bonchev–Trinajstić information content (AvgIpc) is 2.66. The Kier molecular flexibility index (Phi) is 2.49. The molecule has 4 aliphatic rings. The molecule has 0 unspecified atom stereocenters. The van der Waals surface area contributed by atoms with Crippen LogP contribution in [0, 0.1) is 30.1 Å². The van der Waals surface area contributed by atoms with Gasteiger partial charge in [0.2, 0.25) is 0 Å². The van der Waals surface area contributed by atoms with Gasteiger partial charge < -0.3 is 5.73 Å². The van der Waals surface area contributed by atoms with Gasteiger partial charge in [0.1, 0.15) is 5.82 Å². The molecule has 19 heavy (non-hydrogen) atoms. The van der Waals surface area contributed by atoms with Crippen LogP contribution in [0.4, 0.5) is 5.82 Å². The molecule has 5 rings (SSSR count). The van der Waals surface area contributed by atoms with Crippen LogP contribution in [0.15, 0.2) is 6.20 Å². The zero-order valence-corrected chi connectivity index (χ0v) is 11.9. The lowest BCUT2D eigenvalue weighted by atomic mass is 9.49. The van der Waals surface area contributed by atoms with Gasteiger partial charge in [-0.05, 0) is 75.0 Å². The molecule has 3 nitrogen and oxygen atoms in total. The summed E-state index contributed by atoms with van der Waals surface area (Å²) >= 11 is 0. The molecule has 4 bridgehead atoms. The molecule has 1 aromatic heterocycles. The fraction of sp³-hybridized carbons (Fsp3) is 0.812. The van der Waals surface area contributed by atoms with Gasteiger partial charge in [0.25, 0.3) is 0 Å². The maximum Gasteiger partial charge on any atom is 0.124 e. The highest BCUT2D eigenvalue weighted by Crippen LogP contribution is 2.61. The fourth-order valence-electron chi connectivity index (χ4n) is 5.61. The summed E-state index contributed by atoms with van der Waals surface area (Å²) in [6, 6.07) is 0. The van der Waals surface area contributed by atoms with Crippen molar-refractivity contribution in [2.45, 2.75) is 58.4 Å². The van der Waals surface area contributed by atoms with Crippen molar-refractivity contribution in [3.8, 4) is 0 Å². The van der Waals surface area contributed by atoms with Gasteiger partial charge in [-0.25, -0.2) is 4.68 Å². The number of nitrogen functional groups attached to an aromatic ring is 1. The monoisotopic (exact) mass is 259 g/mol. The van der Waals surface area contributed by atoms with Crippen LogP contribution in [-0.2, 0) is 6.54 Å². The van der Waals surface area contributed by atoms with E-state index in [0.29, 0.717) is 5.41 Å². The summed E-state index contributed by atoms with van der Waals surface area (Å²) in [5, 5.41) is 4.42. The Morgan fingerprint density at radius 2 is 1.79 bits per heavy atom. The van der Waals surface area contributed by atoms with Crippen LogP contribution in [-0.4, -0.2) is 9.78 Å². The molecule has 0 aliphatic heterocycles. The standard InChI is InChI=1S/C16H25N3/c1-11-10-18-19(15(11)17)3-2-16-7-12-4-13(8-16)6-14(5-12)9-16/h10,12-14H,2-9,17H2,1H3. The van der Waals surface area contributed by atoms with Crippen molar-refractivity contribution in [3.63, 3.8) is 0 Å². The highest BCUT2D eigenvalue weighted by Gasteiger charge is 2.50. The predicted octanol–water partition coefficient (Wildman–Crippen LogP) is 3.38. The lowest BCUT2D eigenvalue weighted by Crippen LogP contribution is -2.46. The third-order valence-corrected chi connectivity index (χ3v) is 6.09. The van der Waals surface area contributed by atoms with E-state index in [1.54, 1.807) is 0 Å². The molecule has 104 valence electrons. The highest BCUT2D eigenvalue weighted by atomic mass is 15.3. The number of aromatic nitrogens is 2. The number of anilines is 1. The Bertz CT molecular complexity index is 453. The number of hydrogen-bond donors (Lipinski definition) is 1. The van der Waals surface area contributed by atoms with Crippen LogP contribution >= 0.6 is 0 Å². The zero-order valence-electron chi connectivity index (χ0n) is 11.9. The summed E-state index contributed by atoms with van der Waals surface area (Å²) in [5.41, 5.74) is 7.84. The maximum absolute atomic E-state index is 6.08. The van der Waals surface area contributed by atoms with Crippen LogP contribution < -0.4 is 5.73 Å². The first-order chi connectivity index (χ1) is 9.13. The Hall–Kier alpha value is -0.990. The Morgan fingerprint density at radius 3 is 2.26 bits per heavy atom. The van der Waals surface area contributed by atoms with E-state index in [1.165, 1.54) is 44.9 Å². The minimum absolute atomic E-state index is 0.640. The third kappa shape index (κ3) is 1.89. The van der Waals surface area contributed by atoms with E-state index in [1.807, 2.05) is 17.8 Å². The van der Waals surface area contributed by atoms with Crippen molar-refractivity contribution >= 4 is 5.82 Å². The number of hydrogen-bond acceptors (Lipinski definition) is 2. The molecule has 2 N–H and O–H groups in total. The summed E-state index contributed by atoms with van der Waals surface area (Å²) in [7, 11) is 0. The molecule has 4 fully saturated rings. The molecular formula is C16H25N3. The van der Waals surface area contributed by atoms with Gasteiger partial charge in [-0.3, -0.25) is 0 Å². The van der Waals surface area contributed by atoms with Gasteiger partial charge in [-0.2, -0.15) is 5.10 Å². The first kappa shape index (κ1) is 11.8. The first-order valence-electron chi connectivity index (χ1n) is 7.91. The van der Waals surface area contributed by atoms with Gasteiger partial charge in [-0.1, -0.05) is 0 Å². The minimum Gasteiger partial charge on any atom is -0.384 e. The van der Waals surface area contributed by atoms with E-state index < -0.39 is 0 Å². The lowest BCUT2D eigenvalue weighted by molar-refractivity contribution is -0.0595. The lowest BCUT2D eigenvalue weighted by Gasteiger charge is -2.57. The van der Waals surface area contributed by atoms with Gasteiger partial charge >= 0.3 is 0 Å². The number of nitrogens with zero attached hydrogens (tertiary/aromatic N) is 2. The molecule has 4 aliphatic carbocycles. The van der Waals surface area contributed by atoms with Crippen molar-refractivity contribution in [1.82, 2.24) is 9.78 Å². The van der Waals surface area contributed by atoms with E-state index in [-0.39, 0.29) is 0 Å². The van der Waals surface area contributed by atoms with E-state index in [4.69, 9.17) is 5.73 Å². The average molecular weight is 259 g/mol. The van der Waals surface area contributed by atoms with Crippen LogP contribution in [0.1, 0.15) is 50.5 Å². The predicted molar refractivity (Wildman–Crippen MR) is 76.6 cm³/mol. The number of rotatable bonds is 3. The van der Waals surface area contributed by atoms with Crippen molar-refractivity contribution in [3.05, 3.63) is 11.8 Å². The molecule has 0 aromatic carbocycles. The second-order valence-electron chi connectivity index (χ2n) is 7.60. The molecule has 0 spiro atoms. The van der Waals surface area contributed by atoms with Crippen LogP contribution in [0.25, 0.3) is 0 Å². The molecule has 0 saturated heterocycles. The molecule has 0 radical (unpaired) electrons. The second-order valence-corrected chi connectivity index (χ2v) is 7.60. The fourth-order valence-corrected chi connectivity index (χ4v) is 5.61. The second kappa shape index (κ2) is 4.00. The number of aryl methyl sites for hydroxylation is 2. The Labute approximate surface area is 115 Å². The summed E-state index contributed by atoms with van der Waals surface area (Å²) in [4.78, 5) is 0. The normalized spacial score (nSPS) is 39.9. The first-order valence-corrected chi connectivity index (χ1v) is 7.91. The molecule has 0 amide bonds.